The van der Waals surface area contributed by atoms with Gasteiger partial charge < -0.3 is 15.8 Å². The fraction of sp³-hybridized carbons (Fsp3) is 0.467. The average molecular weight is 306 g/mol. The molecule has 0 radical (unpaired) electrons. The van der Waals surface area contributed by atoms with Crippen molar-refractivity contribution in [2.24, 2.45) is 5.73 Å². The molecule has 3 N–H and O–H groups in total. The third-order valence-corrected chi connectivity index (χ3v) is 3.88. The fourth-order valence-electron chi connectivity index (χ4n) is 2.06. The van der Waals surface area contributed by atoms with Gasteiger partial charge in [-0.2, -0.15) is 4.37 Å². The van der Waals surface area contributed by atoms with Crippen molar-refractivity contribution < 1.29 is 4.74 Å². The minimum absolute atomic E-state index is 0.690. The highest BCUT2D eigenvalue weighted by molar-refractivity contribution is 7.09. The summed E-state index contributed by atoms with van der Waals surface area (Å²) in [6, 6.07) is 7.96. The summed E-state index contributed by atoms with van der Waals surface area (Å²) < 4.78 is 9.74. The number of hydrogen-bond donors (Lipinski definition) is 2. The molecule has 6 heteroatoms. The predicted molar refractivity (Wildman–Crippen MR) is 87.1 cm³/mol. The lowest BCUT2D eigenvalue weighted by molar-refractivity contribution is 0.410. The summed E-state index contributed by atoms with van der Waals surface area (Å²) in [6.45, 7) is 1.69. The third-order valence-electron chi connectivity index (χ3n) is 3.17. The van der Waals surface area contributed by atoms with Gasteiger partial charge in [-0.05, 0) is 25.5 Å². The van der Waals surface area contributed by atoms with Gasteiger partial charge in [0.05, 0.1) is 7.11 Å². The highest BCUT2D eigenvalue weighted by Gasteiger charge is 2.08. The van der Waals surface area contributed by atoms with Gasteiger partial charge in [0, 0.05) is 30.1 Å². The summed E-state index contributed by atoms with van der Waals surface area (Å²) in [7, 11) is 1.68. The van der Waals surface area contributed by atoms with Crippen molar-refractivity contribution in [3.8, 4) is 5.75 Å². The van der Waals surface area contributed by atoms with Gasteiger partial charge in [-0.3, -0.25) is 0 Å². The van der Waals surface area contributed by atoms with E-state index >= 15 is 0 Å². The Labute approximate surface area is 129 Å². The van der Waals surface area contributed by atoms with Gasteiger partial charge in [0.2, 0.25) is 5.13 Å². The molecular weight excluding hydrogens is 284 g/mol. The maximum atomic E-state index is 5.47. The smallest absolute Gasteiger partial charge is 0.202 e. The SMILES string of the molecule is COc1ccccc1Cc1nsc(NCCCCCN)n1. The molecule has 2 aromatic rings. The van der Waals surface area contributed by atoms with Crippen LogP contribution in [0.2, 0.25) is 0 Å². The van der Waals surface area contributed by atoms with Crippen molar-refractivity contribution >= 4 is 16.7 Å². The summed E-state index contributed by atoms with van der Waals surface area (Å²) >= 11 is 1.41. The Kier molecular flexibility index (Phi) is 6.43. The van der Waals surface area contributed by atoms with Gasteiger partial charge in [0.1, 0.15) is 11.6 Å². The number of nitrogens with two attached hydrogens (primary N) is 1. The van der Waals surface area contributed by atoms with Gasteiger partial charge in [-0.1, -0.05) is 24.6 Å². The van der Waals surface area contributed by atoms with Crippen LogP contribution in [-0.4, -0.2) is 29.6 Å². The van der Waals surface area contributed by atoms with E-state index in [9.17, 15) is 0 Å². The molecule has 0 fully saturated rings. The molecular formula is C15H22N4OS. The van der Waals surface area contributed by atoms with Crippen LogP contribution < -0.4 is 15.8 Å². The molecule has 1 heterocycles. The fourth-order valence-corrected chi connectivity index (χ4v) is 2.67. The lowest BCUT2D eigenvalue weighted by atomic mass is 10.1. The average Bonchev–Trinajstić information content (AvgIpc) is 2.95. The number of aromatic nitrogens is 2. The first kappa shape index (κ1) is 15.7. The zero-order chi connectivity index (χ0) is 14.9. The largest absolute Gasteiger partial charge is 0.496 e. The summed E-state index contributed by atoms with van der Waals surface area (Å²) in [4.78, 5) is 4.51. The molecule has 21 heavy (non-hydrogen) atoms. The molecule has 0 saturated carbocycles. The standard InChI is InChI=1S/C15H22N4OS/c1-20-13-8-4-3-7-12(13)11-14-18-15(21-19-14)17-10-6-2-5-9-16/h3-4,7-8H,2,5-6,9-11,16H2,1H3,(H,17,18,19). The van der Waals surface area contributed by atoms with Crippen LogP contribution in [0.4, 0.5) is 5.13 Å². The zero-order valence-corrected chi connectivity index (χ0v) is 13.2. The van der Waals surface area contributed by atoms with E-state index in [1.807, 2.05) is 24.3 Å². The summed E-state index contributed by atoms with van der Waals surface area (Å²) in [5, 5.41) is 4.19. The van der Waals surface area contributed by atoms with Gasteiger partial charge in [0.15, 0.2) is 0 Å². The normalized spacial score (nSPS) is 10.6. The van der Waals surface area contributed by atoms with Crippen molar-refractivity contribution in [2.75, 3.05) is 25.5 Å². The second-order valence-electron chi connectivity index (χ2n) is 4.78. The Morgan fingerprint density at radius 2 is 2.10 bits per heavy atom. The first-order chi connectivity index (χ1) is 10.3. The van der Waals surface area contributed by atoms with Crippen molar-refractivity contribution in [1.82, 2.24) is 9.36 Å². The van der Waals surface area contributed by atoms with Crippen molar-refractivity contribution in [2.45, 2.75) is 25.7 Å². The topological polar surface area (TPSA) is 73.1 Å². The summed E-state index contributed by atoms with van der Waals surface area (Å²) in [6.07, 6.45) is 4.03. The Balaban J connectivity index is 1.85. The molecule has 2 rings (SSSR count). The van der Waals surface area contributed by atoms with Crippen LogP contribution in [0.1, 0.15) is 30.7 Å². The maximum Gasteiger partial charge on any atom is 0.202 e. The number of para-hydroxylation sites is 1. The Bertz CT molecular complexity index is 544. The molecule has 0 unspecified atom stereocenters. The molecule has 0 aliphatic carbocycles. The molecule has 0 saturated heterocycles. The van der Waals surface area contributed by atoms with Gasteiger partial charge in [-0.25, -0.2) is 4.98 Å². The van der Waals surface area contributed by atoms with Crippen LogP contribution in [0.15, 0.2) is 24.3 Å². The number of ether oxygens (including phenoxy) is 1. The third kappa shape index (κ3) is 4.99. The minimum atomic E-state index is 0.690. The monoisotopic (exact) mass is 306 g/mol. The van der Waals surface area contributed by atoms with E-state index in [0.29, 0.717) is 6.42 Å². The first-order valence-corrected chi connectivity index (χ1v) is 7.99. The lowest BCUT2D eigenvalue weighted by Crippen LogP contribution is -2.03. The number of nitrogens with zero attached hydrogens (tertiary/aromatic N) is 2. The summed E-state index contributed by atoms with van der Waals surface area (Å²) in [5.41, 5.74) is 6.58. The van der Waals surface area contributed by atoms with Crippen LogP contribution in [0.5, 0.6) is 5.75 Å². The molecule has 5 nitrogen and oxygen atoms in total. The number of benzene rings is 1. The van der Waals surface area contributed by atoms with Crippen LogP contribution in [0.25, 0.3) is 0 Å². The zero-order valence-electron chi connectivity index (χ0n) is 12.3. The highest BCUT2D eigenvalue weighted by Crippen LogP contribution is 2.21. The second kappa shape index (κ2) is 8.59. The Morgan fingerprint density at radius 1 is 1.24 bits per heavy atom. The highest BCUT2D eigenvalue weighted by atomic mass is 32.1. The number of anilines is 1. The molecule has 0 bridgehead atoms. The first-order valence-electron chi connectivity index (χ1n) is 7.22. The predicted octanol–water partition coefficient (Wildman–Crippen LogP) is 2.68. The number of rotatable bonds is 9. The lowest BCUT2D eigenvalue weighted by Gasteiger charge is -2.05. The van der Waals surface area contributed by atoms with E-state index in [0.717, 1.165) is 54.6 Å². The number of nitrogens with one attached hydrogen (secondary N) is 1. The van der Waals surface area contributed by atoms with Gasteiger partial charge in [-0.15, -0.1) is 0 Å². The number of unbranched alkanes of at least 4 members (excludes halogenated alkanes) is 2. The van der Waals surface area contributed by atoms with E-state index in [4.69, 9.17) is 10.5 Å². The van der Waals surface area contributed by atoms with Crippen molar-refractivity contribution in [3.05, 3.63) is 35.7 Å². The molecule has 0 aliphatic rings. The second-order valence-corrected chi connectivity index (χ2v) is 5.53. The summed E-state index contributed by atoms with van der Waals surface area (Å²) in [5.74, 6) is 1.71. The van der Waals surface area contributed by atoms with E-state index in [1.54, 1.807) is 7.11 Å². The Morgan fingerprint density at radius 3 is 2.90 bits per heavy atom. The van der Waals surface area contributed by atoms with Gasteiger partial charge in [0.25, 0.3) is 0 Å². The molecule has 114 valence electrons. The molecule has 0 atom stereocenters. The molecule has 0 spiro atoms. The van der Waals surface area contributed by atoms with Crippen LogP contribution in [-0.2, 0) is 6.42 Å². The molecule has 1 aromatic carbocycles. The van der Waals surface area contributed by atoms with Crippen LogP contribution in [0, 0.1) is 0 Å². The van der Waals surface area contributed by atoms with E-state index in [2.05, 4.69) is 14.7 Å². The number of hydrogen-bond acceptors (Lipinski definition) is 6. The van der Waals surface area contributed by atoms with Crippen molar-refractivity contribution in [3.63, 3.8) is 0 Å². The van der Waals surface area contributed by atoms with Gasteiger partial charge >= 0.3 is 0 Å². The molecule has 0 amide bonds. The quantitative estimate of drug-likeness (QED) is 0.697. The molecule has 1 aromatic heterocycles. The van der Waals surface area contributed by atoms with Crippen LogP contribution in [0.3, 0.4) is 0 Å². The van der Waals surface area contributed by atoms with Crippen LogP contribution >= 0.6 is 11.5 Å². The van der Waals surface area contributed by atoms with E-state index < -0.39 is 0 Å². The molecule has 0 aliphatic heterocycles. The number of methoxy groups -OCH3 is 1. The van der Waals surface area contributed by atoms with E-state index in [1.165, 1.54) is 11.5 Å². The minimum Gasteiger partial charge on any atom is -0.496 e. The Hall–Kier alpha value is -1.66. The maximum absolute atomic E-state index is 5.47. The van der Waals surface area contributed by atoms with Crippen molar-refractivity contribution in [1.29, 1.82) is 0 Å². The van der Waals surface area contributed by atoms with E-state index in [-0.39, 0.29) is 0 Å².